The summed E-state index contributed by atoms with van der Waals surface area (Å²) in [5, 5.41) is 13.5. The molecule has 0 aliphatic rings. The van der Waals surface area contributed by atoms with Crippen LogP contribution in [0.25, 0.3) is 0 Å². The predicted octanol–water partition coefficient (Wildman–Crippen LogP) is 0.514. The molecule has 0 heterocycles. The minimum Gasteiger partial charge on any atom is -0.480 e. The maximum Gasteiger partial charge on any atom is 0.407 e. The molecule has 0 saturated carbocycles. The number of nitrogens with one attached hydrogen (secondary N) is 2. The first kappa shape index (κ1) is 16.9. The maximum atomic E-state index is 11.5. The van der Waals surface area contributed by atoms with Crippen molar-refractivity contribution < 1.29 is 24.2 Å². The van der Waals surface area contributed by atoms with Gasteiger partial charge >= 0.3 is 12.1 Å². The normalized spacial score (nSPS) is 12.9. The zero-order valence-electron chi connectivity index (χ0n) is 11.1. The Hall–Kier alpha value is -2.05. The molecule has 0 spiro atoms. The second-order valence-corrected chi connectivity index (χ2v) is 4.01. The van der Waals surface area contributed by atoms with Crippen molar-refractivity contribution >= 4 is 18.0 Å². The van der Waals surface area contributed by atoms with Crippen LogP contribution in [-0.4, -0.2) is 42.3 Å². The van der Waals surface area contributed by atoms with Gasteiger partial charge < -0.3 is 20.5 Å². The SMILES string of the molecule is C=CCOC(=O)NCC(=O)N[C@H](C(=O)O)[C@@H](C)CC. The quantitative estimate of drug-likeness (QED) is 0.558. The van der Waals surface area contributed by atoms with Gasteiger partial charge in [0.25, 0.3) is 0 Å². The molecule has 19 heavy (non-hydrogen) atoms. The number of carboxylic acid groups (broad SMARTS) is 1. The zero-order chi connectivity index (χ0) is 14.8. The van der Waals surface area contributed by atoms with Crippen LogP contribution in [0.2, 0.25) is 0 Å². The minimum absolute atomic E-state index is 0.0398. The maximum absolute atomic E-state index is 11.5. The molecule has 0 bridgehead atoms. The van der Waals surface area contributed by atoms with Gasteiger partial charge in [0.2, 0.25) is 5.91 Å². The molecule has 0 unspecified atom stereocenters. The van der Waals surface area contributed by atoms with E-state index in [9.17, 15) is 14.4 Å². The molecule has 0 aliphatic heterocycles. The molecule has 3 N–H and O–H groups in total. The van der Waals surface area contributed by atoms with Crippen molar-refractivity contribution in [2.75, 3.05) is 13.2 Å². The van der Waals surface area contributed by atoms with E-state index in [-0.39, 0.29) is 19.1 Å². The fourth-order valence-electron chi connectivity index (χ4n) is 1.25. The van der Waals surface area contributed by atoms with Crippen LogP contribution in [0.1, 0.15) is 20.3 Å². The van der Waals surface area contributed by atoms with Crippen LogP contribution in [-0.2, 0) is 14.3 Å². The number of hydrogen-bond acceptors (Lipinski definition) is 4. The predicted molar refractivity (Wildman–Crippen MR) is 68.6 cm³/mol. The number of hydrogen-bond donors (Lipinski definition) is 3. The highest BCUT2D eigenvalue weighted by Crippen LogP contribution is 2.07. The molecule has 0 aliphatic carbocycles. The largest absolute Gasteiger partial charge is 0.480 e. The lowest BCUT2D eigenvalue weighted by molar-refractivity contribution is -0.143. The molecule has 0 fully saturated rings. The molecule has 7 nitrogen and oxygen atoms in total. The Kier molecular flexibility index (Phi) is 7.99. The molecule has 108 valence electrons. The van der Waals surface area contributed by atoms with Crippen molar-refractivity contribution in [2.24, 2.45) is 5.92 Å². The Bertz CT molecular complexity index is 343. The van der Waals surface area contributed by atoms with Gasteiger partial charge in [-0.05, 0) is 5.92 Å². The highest BCUT2D eigenvalue weighted by Gasteiger charge is 2.25. The van der Waals surface area contributed by atoms with Crippen LogP contribution >= 0.6 is 0 Å². The Balaban J connectivity index is 4.17. The number of alkyl carbamates (subject to hydrolysis) is 1. The van der Waals surface area contributed by atoms with E-state index in [1.165, 1.54) is 6.08 Å². The monoisotopic (exact) mass is 272 g/mol. The van der Waals surface area contributed by atoms with Gasteiger partial charge in [-0.2, -0.15) is 0 Å². The van der Waals surface area contributed by atoms with E-state index < -0.39 is 24.0 Å². The van der Waals surface area contributed by atoms with Crippen molar-refractivity contribution in [1.29, 1.82) is 0 Å². The van der Waals surface area contributed by atoms with Gasteiger partial charge in [-0.1, -0.05) is 32.9 Å². The summed E-state index contributed by atoms with van der Waals surface area (Å²) in [6.07, 6.45) is 1.25. The average Bonchev–Trinajstić information content (AvgIpc) is 2.38. The van der Waals surface area contributed by atoms with E-state index in [0.717, 1.165) is 0 Å². The van der Waals surface area contributed by atoms with E-state index in [0.29, 0.717) is 6.42 Å². The first-order valence-corrected chi connectivity index (χ1v) is 5.96. The number of carboxylic acids is 1. The Morgan fingerprint density at radius 2 is 2.05 bits per heavy atom. The third kappa shape index (κ3) is 7.07. The summed E-state index contributed by atoms with van der Waals surface area (Å²) in [6, 6.07) is -0.969. The van der Waals surface area contributed by atoms with Crippen molar-refractivity contribution in [2.45, 2.75) is 26.3 Å². The molecular weight excluding hydrogens is 252 g/mol. The Labute approximate surface area is 112 Å². The van der Waals surface area contributed by atoms with Gasteiger partial charge in [-0.15, -0.1) is 0 Å². The Morgan fingerprint density at radius 1 is 1.42 bits per heavy atom. The lowest BCUT2D eigenvalue weighted by Gasteiger charge is -2.20. The lowest BCUT2D eigenvalue weighted by atomic mass is 9.99. The average molecular weight is 272 g/mol. The standard InChI is InChI=1S/C12H20N2O5/c1-4-6-19-12(18)13-7-9(15)14-10(11(16)17)8(3)5-2/h4,8,10H,1,5-7H2,2-3H3,(H,13,18)(H,14,15)(H,16,17)/t8-,10-/m0/s1. The molecule has 0 aromatic heterocycles. The summed E-state index contributed by atoms with van der Waals surface area (Å²) in [5.74, 6) is -1.88. The lowest BCUT2D eigenvalue weighted by Crippen LogP contribution is -2.48. The highest BCUT2D eigenvalue weighted by molar-refractivity contribution is 5.86. The fourth-order valence-corrected chi connectivity index (χ4v) is 1.25. The van der Waals surface area contributed by atoms with Crippen molar-refractivity contribution in [3.63, 3.8) is 0 Å². The third-order valence-corrected chi connectivity index (χ3v) is 2.52. The molecular formula is C12H20N2O5. The number of carbonyl (C=O) groups excluding carboxylic acids is 2. The van der Waals surface area contributed by atoms with Gasteiger partial charge in [0, 0.05) is 0 Å². The highest BCUT2D eigenvalue weighted by atomic mass is 16.5. The van der Waals surface area contributed by atoms with E-state index in [1.807, 2.05) is 6.92 Å². The van der Waals surface area contributed by atoms with Gasteiger partial charge in [-0.3, -0.25) is 4.79 Å². The van der Waals surface area contributed by atoms with Crippen LogP contribution < -0.4 is 10.6 Å². The van der Waals surface area contributed by atoms with Gasteiger partial charge in [0.15, 0.2) is 0 Å². The molecule has 2 amide bonds. The smallest absolute Gasteiger partial charge is 0.407 e. The summed E-state index contributed by atoms with van der Waals surface area (Å²) in [7, 11) is 0. The molecule has 0 aromatic carbocycles. The first-order valence-electron chi connectivity index (χ1n) is 5.96. The van der Waals surface area contributed by atoms with E-state index in [1.54, 1.807) is 6.92 Å². The number of carbonyl (C=O) groups is 3. The van der Waals surface area contributed by atoms with Gasteiger partial charge in [0.1, 0.15) is 19.2 Å². The van der Waals surface area contributed by atoms with Crippen molar-refractivity contribution in [3.05, 3.63) is 12.7 Å². The van der Waals surface area contributed by atoms with Gasteiger partial charge in [-0.25, -0.2) is 9.59 Å². The van der Waals surface area contributed by atoms with E-state index in [2.05, 4.69) is 21.9 Å². The fraction of sp³-hybridized carbons (Fsp3) is 0.583. The molecule has 7 heteroatoms. The molecule has 0 aromatic rings. The van der Waals surface area contributed by atoms with Crippen LogP contribution in [0.4, 0.5) is 4.79 Å². The van der Waals surface area contributed by atoms with Crippen molar-refractivity contribution in [1.82, 2.24) is 10.6 Å². The topological polar surface area (TPSA) is 105 Å². The first-order chi connectivity index (χ1) is 8.92. The Morgan fingerprint density at radius 3 is 2.53 bits per heavy atom. The van der Waals surface area contributed by atoms with E-state index in [4.69, 9.17) is 5.11 Å². The van der Waals surface area contributed by atoms with Crippen LogP contribution in [0, 0.1) is 5.92 Å². The molecule has 0 rings (SSSR count). The number of aliphatic carboxylic acids is 1. The summed E-state index contributed by atoms with van der Waals surface area (Å²) in [4.78, 5) is 33.5. The summed E-state index contributed by atoms with van der Waals surface area (Å²) in [6.45, 7) is 6.63. The second kappa shape index (κ2) is 8.96. The third-order valence-electron chi connectivity index (χ3n) is 2.52. The zero-order valence-corrected chi connectivity index (χ0v) is 11.1. The summed E-state index contributed by atoms with van der Waals surface area (Å²) < 4.78 is 4.60. The summed E-state index contributed by atoms with van der Waals surface area (Å²) in [5.41, 5.74) is 0. The number of ether oxygens (including phenoxy) is 1. The second-order valence-electron chi connectivity index (χ2n) is 4.01. The van der Waals surface area contributed by atoms with Crippen LogP contribution in [0.5, 0.6) is 0 Å². The minimum atomic E-state index is -1.10. The van der Waals surface area contributed by atoms with Crippen LogP contribution in [0.15, 0.2) is 12.7 Å². The number of amides is 2. The molecule has 0 radical (unpaired) electrons. The molecule has 0 saturated heterocycles. The molecule has 2 atom stereocenters. The van der Waals surface area contributed by atoms with Crippen molar-refractivity contribution in [3.8, 4) is 0 Å². The van der Waals surface area contributed by atoms with Crippen LogP contribution in [0.3, 0.4) is 0 Å². The van der Waals surface area contributed by atoms with Gasteiger partial charge in [0.05, 0.1) is 0 Å². The van der Waals surface area contributed by atoms with E-state index >= 15 is 0 Å². The number of rotatable bonds is 8. The summed E-state index contributed by atoms with van der Waals surface area (Å²) >= 11 is 0.